The molecule has 2 heterocycles. The van der Waals surface area contributed by atoms with E-state index in [9.17, 15) is 0 Å². The lowest BCUT2D eigenvalue weighted by molar-refractivity contribution is -0.901. The fraction of sp³-hybridized carbons (Fsp3) is 0.359. The average molecular weight is 1250 g/mol. The van der Waals surface area contributed by atoms with Gasteiger partial charge in [-0.25, -0.2) is 0 Å². The van der Waals surface area contributed by atoms with Gasteiger partial charge in [-0.2, -0.15) is 0 Å². The van der Waals surface area contributed by atoms with Gasteiger partial charge in [0.05, 0.1) is 115 Å². The fourth-order valence-electron chi connectivity index (χ4n) is 32.0. The van der Waals surface area contributed by atoms with Gasteiger partial charge in [-0.15, -0.1) is 24.8 Å². The number of halogens is 4. The lowest BCUT2D eigenvalue weighted by Gasteiger charge is -2.58. The molecule has 17 aromatic rings. The molecule has 12 atom stereocenters. The largest absolute Gasteiger partial charge is 1.00 e. The molecule has 0 bridgehead atoms. The zero-order chi connectivity index (χ0) is 53.5. The Morgan fingerprint density at radius 2 is 0.689 bits per heavy atom. The van der Waals surface area contributed by atoms with E-state index in [1.54, 1.807) is 167 Å². The number of rotatable bonds is 16. The Kier molecular flexibility index (Phi) is 6.11. The molecule has 0 amide bonds. The normalized spacial score (nSPS) is 33.5. The van der Waals surface area contributed by atoms with Crippen molar-refractivity contribution in [1.82, 2.24) is 0 Å². The van der Waals surface area contributed by atoms with Crippen LogP contribution < -0.4 is 41.5 Å². The molecule has 0 aromatic heterocycles. The van der Waals surface area contributed by atoms with Crippen molar-refractivity contribution in [2.24, 2.45) is 11.5 Å². The summed E-state index contributed by atoms with van der Waals surface area (Å²) in [6, 6.07) is 0. The van der Waals surface area contributed by atoms with E-state index < -0.39 is 0 Å². The summed E-state index contributed by atoms with van der Waals surface area (Å²) in [4.78, 5) is 0. The van der Waals surface area contributed by atoms with Crippen LogP contribution in [0.25, 0.3) is 189 Å². The second-order valence-corrected chi connectivity index (χ2v) is 33.1. The quantitative estimate of drug-likeness (QED) is 0.0688. The Morgan fingerprint density at radius 1 is 0.322 bits per heavy atom. The van der Waals surface area contributed by atoms with E-state index in [4.69, 9.17) is 30.4 Å². The number of likely N-dealkylation sites (tertiary alicyclic amines) is 2. The van der Waals surface area contributed by atoms with Crippen molar-refractivity contribution < 1.29 is 52.7 Å². The number of quaternary nitrogens is 2. The molecule has 34 rings (SSSR count). The number of benzene rings is 12. The second-order valence-electron chi connectivity index (χ2n) is 33.1. The van der Waals surface area contributed by atoms with Gasteiger partial charge in [0.1, 0.15) is 13.1 Å². The van der Waals surface area contributed by atoms with E-state index >= 15 is 0 Å². The summed E-state index contributed by atoms with van der Waals surface area (Å²) in [5, 5.41) is 57.9. The van der Waals surface area contributed by atoms with Gasteiger partial charge in [0.25, 0.3) is 0 Å². The molecule has 90 heavy (non-hydrogen) atoms. The van der Waals surface area contributed by atoms with Gasteiger partial charge in [-0.05, 0) is 272 Å². The van der Waals surface area contributed by atoms with E-state index in [0.717, 1.165) is 48.4 Å². The van der Waals surface area contributed by atoms with Crippen LogP contribution in [0.2, 0.25) is 0 Å². The summed E-state index contributed by atoms with van der Waals surface area (Å²) >= 11 is 0. The van der Waals surface area contributed by atoms with Crippen molar-refractivity contribution in [3.05, 3.63) is 83.1 Å². The number of hydrogen-bond acceptors (Lipinski definition) is 6. The number of nitrogens with zero attached hydrogens (tertiary/aromatic N) is 2. The van der Waals surface area contributed by atoms with Crippen molar-refractivity contribution in [2.45, 2.75) is 57.2 Å². The molecule has 4 spiro atoms. The van der Waals surface area contributed by atoms with E-state index in [1.807, 2.05) is 105 Å². The molecule has 434 valence electrons. The molecule has 0 saturated carbocycles. The fourth-order valence-corrected chi connectivity index (χ4v) is 32.0. The van der Waals surface area contributed by atoms with Gasteiger partial charge in [0.2, 0.25) is 0 Å². The van der Waals surface area contributed by atoms with Crippen molar-refractivity contribution in [3.8, 4) is 11.1 Å². The molecule has 15 aliphatic carbocycles. The van der Waals surface area contributed by atoms with Gasteiger partial charge >= 0.3 is 0 Å². The predicted octanol–water partition coefficient (Wildman–Crippen LogP) is 6.14. The first-order chi connectivity index (χ1) is 42.4. The molecular weight excluding hydrogens is 1200 g/mol. The Bertz CT molecular complexity index is 6940. The molecule has 17 aromatic carbocycles. The summed E-state index contributed by atoms with van der Waals surface area (Å²) in [7, 11) is 5.47. The maximum Gasteiger partial charge on any atom is 0.102 e. The Hall–Kier alpha value is -5.66. The topological polar surface area (TPSA) is 89.0 Å². The van der Waals surface area contributed by atoms with Crippen LogP contribution in [0.15, 0.2) is 0 Å². The van der Waals surface area contributed by atoms with Crippen LogP contribution in [0.5, 0.6) is 0 Å². The van der Waals surface area contributed by atoms with Crippen LogP contribution in [0, 0.1) is 0 Å². The Balaban J connectivity index is 0.00000116. The average Bonchev–Trinajstić information content (AvgIpc) is 1.38. The van der Waals surface area contributed by atoms with Crippen LogP contribution >= 0.6 is 24.8 Å². The zero-order valence-corrected chi connectivity index (χ0v) is 52.2. The zero-order valence-electron chi connectivity index (χ0n) is 49.0. The first-order valence-electron chi connectivity index (χ1n) is 33.5. The third-order valence-corrected chi connectivity index (χ3v) is 31.8. The van der Waals surface area contributed by atoms with Crippen molar-refractivity contribution >= 4 is 203 Å². The highest BCUT2D eigenvalue weighted by molar-refractivity contribution is 6.69. The van der Waals surface area contributed by atoms with Gasteiger partial charge in [0.15, 0.2) is 0 Å². The lowest BCUT2D eigenvalue weighted by atomic mass is 9.40. The van der Waals surface area contributed by atoms with Crippen molar-refractivity contribution in [2.75, 3.05) is 119 Å². The number of ether oxygens (including phenoxy) is 4. The third kappa shape index (κ3) is 3.03. The first kappa shape index (κ1) is 46.4. The van der Waals surface area contributed by atoms with Gasteiger partial charge in [-0.1, -0.05) is 0 Å². The minimum atomic E-state index is -0.182. The van der Waals surface area contributed by atoms with Gasteiger partial charge < -0.3 is 64.2 Å². The minimum Gasteiger partial charge on any atom is -1.00 e. The van der Waals surface area contributed by atoms with Gasteiger partial charge in [-0.3, -0.25) is 0 Å². The Labute approximate surface area is 534 Å². The Morgan fingerprint density at radius 3 is 1.29 bits per heavy atom. The third-order valence-electron chi connectivity index (χ3n) is 31.8. The first-order valence-corrected chi connectivity index (χ1v) is 33.5. The van der Waals surface area contributed by atoms with E-state index in [1.165, 1.54) is 13.1 Å². The van der Waals surface area contributed by atoms with E-state index in [0.29, 0.717) is 88.2 Å². The monoisotopic (exact) mass is 1250 g/mol. The molecule has 4 N–H and O–H groups in total. The molecule has 8 nitrogen and oxygen atoms in total. The SMILES string of the molecule is C[N+]1(CCOCCOCCN)CC23C4=c5c6c7c8c9c%10c%11c%12c%13c9c9c%14c%15c%16c%17c%18c%19c%20c%21c%22c%23c%24c(c-%11c(c2c%24c2c%11c%24c%25c(c5c5c6c(c8%14)c%15c6c%17c(c%25c56)c5c%18c%21c(c%232)c%245)C%113C1)C4C%107)C%12C%22C%201C[N+](C)(CCOCCOCCN)CC%131C9C%19%16.Cl.Cl.[Cl-].[Cl-]. The van der Waals surface area contributed by atoms with Crippen molar-refractivity contribution in [3.63, 3.8) is 0 Å². The van der Waals surface area contributed by atoms with Gasteiger partial charge in [0, 0.05) is 48.6 Å². The van der Waals surface area contributed by atoms with Crippen LogP contribution in [-0.2, 0) is 40.6 Å². The maximum atomic E-state index is 6.74. The van der Waals surface area contributed by atoms with Crippen LogP contribution in [0.3, 0.4) is 0 Å². The maximum absolute atomic E-state index is 6.74. The summed E-state index contributed by atoms with van der Waals surface area (Å²) in [5.74, 6) is 2.37. The number of nitrogens with two attached hydrogens (primary N) is 2. The highest BCUT2D eigenvalue weighted by Crippen LogP contribution is 2.94. The number of hydrogen-bond donors (Lipinski definition) is 2. The molecule has 17 aliphatic rings. The van der Waals surface area contributed by atoms with E-state index in [-0.39, 0.29) is 71.3 Å². The molecular formula is C78H50Cl4N4O4. The second kappa shape index (κ2) is 11.9. The minimum absolute atomic E-state index is 0. The number of likely N-dealkylation sites (N-methyl/N-ethyl adjacent to an activating group) is 2. The molecule has 2 fully saturated rings. The smallest absolute Gasteiger partial charge is 0.102 e. The summed E-state index contributed by atoms with van der Waals surface area (Å²) in [6.07, 6.45) is 0. The molecule has 2 aliphatic heterocycles. The van der Waals surface area contributed by atoms with Crippen LogP contribution in [0.1, 0.15) is 113 Å². The summed E-state index contributed by atoms with van der Waals surface area (Å²) in [5.41, 5.74) is 43.1. The summed E-state index contributed by atoms with van der Waals surface area (Å²) in [6.45, 7) is 13.1. The highest BCUT2D eigenvalue weighted by atomic mass is 35.5. The lowest BCUT2D eigenvalue weighted by Crippen LogP contribution is -3.00. The standard InChI is InChI=1S/C78H48N4O4.4ClH/c1-81(5-9-85-13-11-83-7-3-79)15-75-67-51-35-23-21-19-20-22-24-26-31-41-29(22)39(27(19)35)55(67)57(41)69-59-43(31)34-38(26)54-52-36(24)28(20)40-30(21)42-32-25(23)37-33-44(32)60-64-48-45(33)61(71(75)53(37)51)65-49(48)50-47(63(59)73(65)77(69,75)17-81)46(34)62-66(50)74(64)78-18-82(2,6-10-86-14-12-84-8-4-80)16-76(78,72(54)62)68(52)56(40)58(42)70(60)78;;;;/h43,56,59,66,68,74H,3-18,79-80H2,1-2H3;4*1H/q+2;;;;/p-2. The van der Waals surface area contributed by atoms with Crippen molar-refractivity contribution in [1.29, 1.82) is 0 Å². The van der Waals surface area contributed by atoms with E-state index in [2.05, 4.69) is 14.1 Å². The summed E-state index contributed by atoms with van der Waals surface area (Å²) < 4.78 is 27.4. The molecule has 0 radical (unpaired) electrons. The highest BCUT2D eigenvalue weighted by Gasteiger charge is 2.86. The molecule has 12 heteroatoms. The molecule has 2 saturated heterocycles. The van der Waals surface area contributed by atoms with Crippen LogP contribution in [-0.4, -0.2) is 128 Å². The van der Waals surface area contributed by atoms with Crippen LogP contribution in [0.4, 0.5) is 0 Å². The molecule has 12 unspecified atom stereocenters. The predicted molar refractivity (Wildman–Crippen MR) is 353 cm³/mol.